The normalized spacial score (nSPS) is 27.5. The highest BCUT2D eigenvalue weighted by Gasteiger charge is 2.23. The molecule has 1 atom stereocenters. The molecular formula is C14H24O2. The van der Waals surface area contributed by atoms with E-state index in [9.17, 15) is 4.79 Å². The average Bonchev–Trinajstić information content (AvgIpc) is 2.72. The minimum absolute atomic E-state index is 0.325. The molecule has 2 nitrogen and oxygen atoms in total. The molecule has 0 spiro atoms. The summed E-state index contributed by atoms with van der Waals surface area (Å²) in [5.74, 6) is 1.60. The summed E-state index contributed by atoms with van der Waals surface area (Å²) in [4.78, 5) is 11.4. The number of carbonyl (C=O) groups is 1. The van der Waals surface area contributed by atoms with Gasteiger partial charge in [-0.2, -0.15) is 0 Å². The van der Waals surface area contributed by atoms with Crippen LogP contribution in [0.25, 0.3) is 0 Å². The highest BCUT2D eigenvalue weighted by atomic mass is 16.5. The van der Waals surface area contributed by atoms with Gasteiger partial charge in [-0.3, -0.25) is 4.79 Å². The first kappa shape index (κ1) is 12.1. The van der Waals surface area contributed by atoms with Gasteiger partial charge in [0.15, 0.2) is 0 Å². The second-order valence-corrected chi connectivity index (χ2v) is 5.42. The first-order chi connectivity index (χ1) is 7.86. The Balaban J connectivity index is 1.52. The standard InChI is InChI=1S/C14H24O2/c15-14-8-4-7-13(14)9-10-16-11-12-5-2-1-3-6-12/h12-13H,1-11H2. The fraction of sp³-hybridized carbons (Fsp3) is 0.929. The zero-order chi connectivity index (χ0) is 11.2. The van der Waals surface area contributed by atoms with Crippen molar-refractivity contribution >= 4 is 5.78 Å². The van der Waals surface area contributed by atoms with Crippen LogP contribution in [0.3, 0.4) is 0 Å². The fourth-order valence-electron chi connectivity index (χ4n) is 3.02. The molecule has 2 heteroatoms. The van der Waals surface area contributed by atoms with E-state index in [0.717, 1.165) is 44.8 Å². The smallest absolute Gasteiger partial charge is 0.136 e. The molecule has 0 aliphatic heterocycles. The van der Waals surface area contributed by atoms with Crippen LogP contribution < -0.4 is 0 Å². The molecule has 0 radical (unpaired) electrons. The van der Waals surface area contributed by atoms with Crippen molar-refractivity contribution in [1.82, 2.24) is 0 Å². The number of hydrogen-bond donors (Lipinski definition) is 0. The Morgan fingerprint density at radius 3 is 2.56 bits per heavy atom. The molecule has 0 aromatic carbocycles. The number of carbonyl (C=O) groups excluding carboxylic acids is 1. The summed E-state index contributed by atoms with van der Waals surface area (Å²) >= 11 is 0. The van der Waals surface area contributed by atoms with Crippen molar-refractivity contribution in [1.29, 1.82) is 0 Å². The molecule has 92 valence electrons. The largest absolute Gasteiger partial charge is 0.381 e. The van der Waals surface area contributed by atoms with E-state index in [4.69, 9.17) is 4.74 Å². The van der Waals surface area contributed by atoms with Gasteiger partial charge in [-0.05, 0) is 38.0 Å². The van der Waals surface area contributed by atoms with E-state index in [1.54, 1.807) is 0 Å². The molecule has 2 saturated carbocycles. The number of hydrogen-bond acceptors (Lipinski definition) is 2. The van der Waals surface area contributed by atoms with Crippen molar-refractivity contribution in [2.24, 2.45) is 11.8 Å². The number of Topliss-reactive ketones (excluding diaryl/α,β-unsaturated/α-hetero) is 1. The summed E-state index contributed by atoms with van der Waals surface area (Å²) < 4.78 is 5.73. The predicted octanol–water partition coefficient (Wildman–Crippen LogP) is 3.34. The fourth-order valence-corrected chi connectivity index (χ4v) is 3.02. The minimum Gasteiger partial charge on any atom is -0.381 e. The highest BCUT2D eigenvalue weighted by Crippen LogP contribution is 2.25. The summed E-state index contributed by atoms with van der Waals surface area (Å²) in [6.07, 6.45) is 10.9. The molecule has 0 aromatic rings. The third-order valence-corrected chi connectivity index (χ3v) is 4.12. The molecule has 0 saturated heterocycles. The number of ether oxygens (including phenoxy) is 1. The van der Waals surface area contributed by atoms with Crippen LogP contribution >= 0.6 is 0 Å². The maximum absolute atomic E-state index is 11.4. The second kappa shape index (κ2) is 6.39. The Kier molecular flexibility index (Phi) is 4.83. The van der Waals surface area contributed by atoms with Gasteiger partial charge in [0.1, 0.15) is 5.78 Å². The van der Waals surface area contributed by atoms with E-state index in [1.165, 1.54) is 32.1 Å². The first-order valence-electron chi connectivity index (χ1n) is 6.96. The second-order valence-electron chi connectivity index (χ2n) is 5.42. The third-order valence-electron chi connectivity index (χ3n) is 4.12. The van der Waals surface area contributed by atoms with Crippen LogP contribution in [0.1, 0.15) is 57.8 Å². The molecule has 0 N–H and O–H groups in total. The van der Waals surface area contributed by atoms with E-state index in [2.05, 4.69) is 0 Å². The lowest BCUT2D eigenvalue weighted by molar-refractivity contribution is -0.121. The van der Waals surface area contributed by atoms with Crippen molar-refractivity contribution in [3.05, 3.63) is 0 Å². The lowest BCUT2D eigenvalue weighted by Gasteiger charge is -2.21. The van der Waals surface area contributed by atoms with Crippen molar-refractivity contribution < 1.29 is 9.53 Å². The van der Waals surface area contributed by atoms with Gasteiger partial charge in [0, 0.05) is 25.6 Å². The first-order valence-corrected chi connectivity index (χ1v) is 6.96. The SMILES string of the molecule is O=C1CCCC1CCOCC1CCCCC1. The summed E-state index contributed by atoms with van der Waals surface area (Å²) in [5.41, 5.74) is 0. The molecule has 2 rings (SSSR count). The van der Waals surface area contributed by atoms with Gasteiger partial charge >= 0.3 is 0 Å². The average molecular weight is 224 g/mol. The zero-order valence-electron chi connectivity index (χ0n) is 10.2. The van der Waals surface area contributed by atoms with Crippen LogP contribution in [0.4, 0.5) is 0 Å². The molecule has 0 heterocycles. The summed E-state index contributed by atoms with van der Waals surface area (Å²) in [5, 5.41) is 0. The molecule has 1 unspecified atom stereocenters. The Morgan fingerprint density at radius 1 is 1.06 bits per heavy atom. The van der Waals surface area contributed by atoms with Crippen LogP contribution in [-0.4, -0.2) is 19.0 Å². The highest BCUT2D eigenvalue weighted by molar-refractivity contribution is 5.82. The van der Waals surface area contributed by atoms with Gasteiger partial charge in [0.05, 0.1) is 0 Å². The molecule has 2 aliphatic rings. The van der Waals surface area contributed by atoms with Crippen LogP contribution in [0.15, 0.2) is 0 Å². The van der Waals surface area contributed by atoms with Crippen LogP contribution in [0, 0.1) is 11.8 Å². The van der Waals surface area contributed by atoms with Gasteiger partial charge in [0.25, 0.3) is 0 Å². The summed E-state index contributed by atoms with van der Waals surface area (Å²) in [6.45, 7) is 1.73. The number of ketones is 1. The van der Waals surface area contributed by atoms with E-state index in [1.807, 2.05) is 0 Å². The van der Waals surface area contributed by atoms with Crippen molar-refractivity contribution in [3.63, 3.8) is 0 Å². The van der Waals surface area contributed by atoms with Gasteiger partial charge < -0.3 is 4.74 Å². The molecule has 0 bridgehead atoms. The molecular weight excluding hydrogens is 200 g/mol. The molecule has 2 fully saturated rings. The number of rotatable bonds is 5. The minimum atomic E-state index is 0.325. The Hall–Kier alpha value is -0.370. The van der Waals surface area contributed by atoms with Gasteiger partial charge in [0.2, 0.25) is 0 Å². The summed E-state index contributed by atoms with van der Waals surface area (Å²) in [6, 6.07) is 0. The lowest BCUT2D eigenvalue weighted by atomic mass is 9.90. The maximum Gasteiger partial charge on any atom is 0.136 e. The van der Waals surface area contributed by atoms with Gasteiger partial charge in [-0.1, -0.05) is 19.3 Å². The molecule has 0 amide bonds. The van der Waals surface area contributed by atoms with Crippen molar-refractivity contribution in [3.8, 4) is 0 Å². The monoisotopic (exact) mass is 224 g/mol. The maximum atomic E-state index is 11.4. The molecule has 2 aliphatic carbocycles. The zero-order valence-corrected chi connectivity index (χ0v) is 10.2. The Labute approximate surface area is 98.7 Å². The third kappa shape index (κ3) is 3.58. The Bertz CT molecular complexity index is 219. The van der Waals surface area contributed by atoms with Gasteiger partial charge in [-0.15, -0.1) is 0 Å². The quantitative estimate of drug-likeness (QED) is 0.669. The Morgan fingerprint density at radius 2 is 1.88 bits per heavy atom. The van der Waals surface area contributed by atoms with E-state index in [0.29, 0.717) is 11.7 Å². The lowest BCUT2D eigenvalue weighted by Crippen LogP contribution is -2.16. The van der Waals surface area contributed by atoms with Crippen LogP contribution in [-0.2, 0) is 9.53 Å². The van der Waals surface area contributed by atoms with Crippen LogP contribution in [0.5, 0.6) is 0 Å². The predicted molar refractivity (Wildman–Crippen MR) is 64.4 cm³/mol. The molecule has 0 aromatic heterocycles. The summed E-state index contributed by atoms with van der Waals surface area (Å²) in [7, 11) is 0. The van der Waals surface area contributed by atoms with Crippen molar-refractivity contribution in [2.75, 3.05) is 13.2 Å². The van der Waals surface area contributed by atoms with Crippen LogP contribution in [0.2, 0.25) is 0 Å². The van der Waals surface area contributed by atoms with Crippen molar-refractivity contribution in [2.45, 2.75) is 57.8 Å². The van der Waals surface area contributed by atoms with E-state index >= 15 is 0 Å². The van der Waals surface area contributed by atoms with E-state index in [-0.39, 0.29) is 0 Å². The van der Waals surface area contributed by atoms with E-state index < -0.39 is 0 Å². The van der Waals surface area contributed by atoms with Gasteiger partial charge in [-0.25, -0.2) is 0 Å². The molecule has 16 heavy (non-hydrogen) atoms. The topological polar surface area (TPSA) is 26.3 Å².